The molecule has 0 fully saturated rings. The summed E-state index contributed by atoms with van der Waals surface area (Å²) < 4.78 is 7.32. The van der Waals surface area contributed by atoms with Gasteiger partial charge in [-0.2, -0.15) is 0 Å². The number of furan rings is 1. The summed E-state index contributed by atoms with van der Waals surface area (Å²) in [4.78, 5) is 4.56. The van der Waals surface area contributed by atoms with Gasteiger partial charge in [0.1, 0.15) is 11.6 Å². The Morgan fingerprint density at radius 3 is 2.88 bits per heavy atom. The predicted octanol–water partition coefficient (Wildman–Crippen LogP) is 2.28. The van der Waals surface area contributed by atoms with E-state index in [1.807, 2.05) is 40.9 Å². The lowest BCUT2D eigenvalue weighted by molar-refractivity contribution is 0.510. The van der Waals surface area contributed by atoms with E-state index in [-0.39, 0.29) is 24.0 Å². The first-order valence-corrected chi connectivity index (χ1v) is 8.20. The van der Waals surface area contributed by atoms with Crippen LogP contribution in [-0.4, -0.2) is 40.2 Å². The Morgan fingerprint density at radius 2 is 2.08 bits per heavy atom. The number of nitrogens with one attached hydrogen (secondary N) is 2. The van der Waals surface area contributed by atoms with Crippen molar-refractivity contribution in [3.63, 3.8) is 0 Å². The largest absolute Gasteiger partial charge is 0.469 e. The van der Waals surface area contributed by atoms with Crippen LogP contribution in [0.2, 0.25) is 0 Å². The van der Waals surface area contributed by atoms with E-state index in [0.717, 1.165) is 49.1 Å². The summed E-state index contributed by atoms with van der Waals surface area (Å²) in [6, 6.07) is 9.75. The van der Waals surface area contributed by atoms with Crippen LogP contribution in [-0.2, 0) is 12.8 Å². The highest BCUT2D eigenvalue weighted by Crippen LogP contribution is 2.03. The van der Waals surface area contributed by atoms with Gasteiger partial charge in [0.15, 0.2) is 11.6 Å². The molecule has 25 heavy (non-hydrogen) atoms. The average molecular weight is 454 g/mol. The highest BCUT2D eigenvalue weighted by atomic mass is 127. The second-order valence-corrected chi connectivity index (χ2v) is 5.31. The number of rotatable bonds is 7. The fourth-order valence-corrected chi connectivity index (χ4v) is 2.43. The second kappa shape index (κ2) is 10.0. The van der Waals surface area contributed by atoms with Crippen molar-refractivity contribution in [3.8, 4) is 0 Å². The molecule has 7 nitrogen and oxygen atoms in total. The molecule has 3 heterocycles. The van der Waals surface area contributed by atoms with Gasteiger partial charge in [-0.3, -0.25) is 9.39 Å². The number of aliphatic imine (C=N–C) groups is 1. The van der Waals surface area contributed by atoms with Crippen LogP contribution < -0.4 is 10.6 Å². The summed E-state index contributed by atoms with van der Waals surface area (Å²) in [6.07, 6.45) is 5.23. The maximum absolute atomic E-state index is 5.32. The van der Waals surface area contributed by atoms with Crippen LogP contribution in [0.25, 0.3) is 5.65 Å². The van der Waals surface area contributed by atoms with Gasteiger partial charge < -0.3 is 15.1 Å². The Kier molecular flexibility index (Phi) is 7.71. The zero-order valence-corrected chi connectivity index (χ0v) is 16.5. The molecule has 0 amide bonds. The molecular weight excluding hydrogens is 431 g/mol. The SMILES string of the molecule is CCNC(=NCCc1ccco1)NCCc1nnc2ccccn12.I. The lowest BCUT2D eigenvalue weighted by Gasteiger charge is -2.10. The van der Waals surface area contributed by atoms with Gasteiger partial charge in [0.2, 0.25) is 0 Å². The van der Waals surface area contributed by atoms with E-state index in [1.54, 1.807) is 6.26 Å². The van der Waals surface area contributed by atoms with E-state index in [9.17, 15) is 0 Å². The van der Waals surface area contributed by atoms with E-state index in [0.29, 0.717) is 6.54 Å². The van der Waals surface area contributed by atoms with Gasteiger partial charge in [0, 0.05) is 38.7 Å². The molecule has 0 spiro atoms. The standard InChI is InChI=1S/C17H22N6O.HI/c1-2-18-17(19-10-8-14-6-5-13-24-14)20-11-9-16-22-21-15-7-3-4-12-23(15)16;/h3-7,12-13H,2,8-11H2,1H3,(H2,18,19,20);1H. The van der Waals surface area contributed by atoms with Crippen LogP contribution in [0, 0.1) is 0 Å². The molecule has 0 aliphatic carbocycles. The van der Waals surface area contributed by atoms with Gasteiger partial charge in [-0.05, 0) is 31.2 Å². The van der Waals surface area contributed by atoms with Gasteiger partial charge in [-0.15, -0.1) is 34.2 Å². The van der Waals surface area contributed by atoms with Crippen molar-refractivity contribution in [3.05, 3.63) is 54.4 Å². The highest BCUT2D eigenvalue weighted by Gasteiger charge is 2.05. The molecule has 134 valence electrons. The lowest BCUT2D eigenvalue weighted by Crippen LogP contribution is -2.38. The first kappa shape index (κ1) is 19.2. The topological polar surface area (TPSA) is 79.8 Å². The molecule has 0 saturated carbocycles. The molecule has 0 bridgehead atoms. The van der Waals surface area contributed by atoms with E-state index in [1.165, 1.54) is 0 Å². The zero-order valence-electron chi connectivity index (χ0n) is 14.2. The average Bonchev–Trinajstić information content (AvgIpc) is 3.25. The van der Waals surface area contributed by atoms with Crippen LogP contribution in [0.5, 0.6) is 0 Å². The van der Waals surface area contributed by atoms with Crippen molar-refractivity contribution >= 4 is 35.6 Å². The number of pyridine rings is 1. The summed E-state index contributed by atoms with van der Waals surface area (Å²) in [7, 11) is 0. The van der Waals surface area contributed by atoms with Gasteiger partial charge in [-0.25, -0.2) is 0 Å². The van der Waals surface area contributed by atoms with Gasteiger partial charge in [0.05, 0.1) is 6.26 Å². The first-order valence-electron chi connectivity index (χ1n) is 8.20. The third-order valence-corrected chi connectivity index (χ3v) is 3.58. The maximum Gasteiger partial charge on any atom is 0.191 e. The molecule has 3 aromatic heterocycles. The number of aromatic nitrogens is 3. The Bertz CT molecular complexity index is 783. The molecule has 0 radical (unpaired) electrons. The number of halogens is 1. The zero-order chi connectivity index (χ0) is 16.6. The van der Waals surface area contributed by atoms with Crippen LogP contribution >= 0.6 is 24.0 Å². The quantitative estimate of drug-likeness (QED) is 0.326. The molecule has 0 atom stereocenters. The Balaban J connectivity index is 0.00000225. The monoisotopic (exact) mass is 454 g/mol. The minimum atomic E-state index is 0. The van der Waals surface area contributed by atoms with Crippen molar-refractivity contribution in [2.24, 2.45) is 4.99 Å². The number of hydrogen-bond donors (Lipinski definition) is 2. The molecule has 0 unspecified atom stereocenters. The molecule has 0 aliphatic rings. The van der Waals surface area contributed by atoms with Gasteiger partial charge >= 0.3 is 0 Å². The van der Waals surface area contributed by atoms with E-state index in [2.05, 4.69) is 32.7 Å². The number of nitrogens with zero attached hydrogens (tertiary/aromatic N) is 4. The third kappa shape index (κ3) is 5.45. The van der Waals surface area contributed by atoms with Crippen LogP contribution in [0.15, 0.2) is 52.2 Å². The predicted molar refractivity (Wildman–Crippen MR) is 108 cm³/mol. The molecule has 0 aliphatic heterocycles. The van der Waals surface area contributed by atoms with Gasteiger partial charge in [-0.1, -0.05) is 6.07 Å². The first-order chi connectivity index (χ1) is 11.9. The van der Waals surface area contributed by atoms with Crippen molar-refractivity contribution in [1.29, 1.82) is 0 Å². The highest BCUT2D eigenvalue weighted by molar-refractivity contribution is 14.0. The summed E-state index contributed by atoms with van der Waals surface area (Å²) in [5, 5.41) is 15.0. The number of guanidine groups is 1. The molecule has 3 rings (SSSR count). The molecule has 3 aromatic rings. The summed E-state index contributed by atoms with van der Waals surface area (Å²) >= 11 is 0. The van der Waals surface area contributed by atoms with Crippen LogP contribution in [0.1, 0.15) is 18.5 Å². The Morgan fingerprint density at radius 1 is 1.16 bits per heavy atom. The minimum absolute atomic E-state index is 0. The Hall–Kier alpha value is -2.10. The third-order valence-electron chi connectivity index (χ3n) is 3.58. The summed E-state index contributed by atoms with van der Waals surface area (Å²) in [6.45, 7) is 4.29. The minimum Gasteiger partial charge on any atom is -0.469 e. The van der Waals surface area contributed by atoms with E-state index >= 15 is 0 Å². The van der Waals surface area contributed by atoms with E-state index in [4.69, 9.17) is 4.42 Å². The smallest absolute Gasteiger partial charge is 0.191 e. The van der Waals surface area contributed by atoms with E-state index < -0.39 is 0 Å². The summed E-state index contributed by atoms with van der Waals surface area (Å²) in [5.74, 6) is 2.69. The molecule has 2 N–H and O–H groups in total. The molecule has 0 saturated heterocycles. The number of fused-ring (bicyclic) bond motifs is 1. The lowest BCUT2D eigenvalue weighted by atomic mass is 10.3. The normalized spacial score (nSPS) is 11.3. The van der Waals surface area contributed by atoms with Crippen molar-refractivity contribution in [2.75, 3.05) is 19.6 Å². The van der Waals surface area contributed by atoms with Gasteiger partial charge in [0.25, 0.3) is 0 Å². The second-order valence-electron chi connectivity index (χ2n) is 5.31. The molecule has 0 aromatic carbocycles. The van der Waals surface area contributed by atoms with Crippen LogP contribution in [0.3, 0.4) is 0 Å². The van der Waals surface area contributed by atoms with Crippen LogP contribution in [0.4, 0.5) is 0 Å². The maximum atomic E-state index is 5.32. The van der Waals surface area contributed by atoms with Crippen molar-refractivity contribution in [1.82, 2.24) is 25.2 Å². The fraction of sp³-hybridized carbons (Fsp3) is 0.353. The number of hydrogen-bond acceptors (Lipinski definition) is 4. The fourth-order valence-electron chi connectivity index (χ4n) is 2.43. The summed E-state index contributed by atoms with van der Waals surface area (Å²) in [5.41, 5.74) is 0.867. The van der Waals surface area contributed by atoms with Crippen molar-refractivity contribution < 1.29 is 4.42 Å². The van der Waals surface area contributed by atoms with Crippen molar-refractivity contribution in [2.45, 2.75) is 19.8 Å². The molecule has 8 heteroatoms. The molecular formula is C17H23IN6O. The Labute approximate surface area is 164 Å².